The van der Waals surface area contributed by atoms with Crippen LogP contribution in [-0.4, -0.2) is 73.7 Å². The van der Waals surface area contributed by atoms with Crippen molar-refractivity contribution in [2.75, 3.05) is 40.8 Å². The van der Waals surface area contributed by atoms with Gasteiger partial charge in [0.1, 0.15) is 0 Å². The molecule has 7 nitrogen and oxygen atoms in total. The van der Waals surface area contributed by atoms with Crippen LogP contribution in [0.3, 0.4) is 0 Å². The number of nitrogens with one attached hydrogen (secondary N) is 2. The standard InChI is InChI=1S/C22H30N4O3/c1-23-22(28)26(8-7-20(27)29-3)13-14-9-17-16-5-4-6-18-21(16)15(11-24-18)10-19(17)25(2)12-14/h4-6,11,14,17,19,24H,7-10,12-13H2,1-3H3,(H,23,28)/t14-,17-,19-/m1/s1. The summed E-state index contributed by atoms with van der Waals surface area (Å²) in [6, 6.07) is 6.89. The number of carbonyl (C=O) groups excluding carboxylic acids is 2. The smallest absolute Gasteiger partial charge is 0.317 e. The minimum absolute atomic E-state index is 0.141. The number of aromatic amines is 1. The van der Waals surface area contributed by atoms with Gasteiger partial charge in [-0.3, -0.25) is 4.79 Å². The van der Waals surface area contributed by atoms with Crippen molar-refractivity contribution in [1.82, 2.24) is 20.1 Å². The molecule has 0 saturated carbocycles. The van der Waals surface area contributed by atoms with Gasteiger partial charge in [0.15, 0.2) is 0 Å². The van der Waals surface area contributed by atoms with Crippen molar-refractivity contribution < 1.29 is 14.3 Å². The van der Waals surface area contributed by atoms with Crippen molar-refractivity contribution in [3.8, 4) is 0 Å². The summed E-state index contributed by atoms with van der Waals surface area (Å²) in [5, 5.41) is 4.09. The van der Waals surface area contributed by atoms with Gasteiger partial charge in [-0.15, -0.1) is 0 Å². The summed E-state index contributed by atoms with van der Waals surface area (Å²) in [6.07, 6.45) is 4.48. The van der Waals surface area contributed by atoms with Crippen LogP contribution in [0, 0.1) is 5.92 Å². The van der Waals surface area contributed by atoms with Crippen LogP contribution < -0.4 is 5.32 Å². The van der Waals surface area contributed by atoms with Crippen molar-refractivity contribution in [3.05, 3.63) is 35.5 Å². The molecule has 2 heterocycles. The largest absolute Gasteiger partial charge is 0.469 e. The summed E-state index contributed by atoms with van der Waals surface area (Å²) < 4.78 is 4.74. The second-order valence-corrected chi connectivity index (χ2v) is 8.33. The molecule has 29 heavy (non-hydrogen) atoms. The number of likely N-dealkylation sites (N-methyl/N-ethyl adjacent to an activating group) is 1. The van der Waals surface area contributed by atoms with E-state index >= 15 is 0 Å². The predicted octanol–water partition coefficient (Wildman–Crippen LogP) is 2.33. The Morgan fingerprint density at radius 2 is 2.21 bits per heavy atom. The average Bonchev–Trinajstić information content (AvgIpc) is 3.15. The van der Waals surface area contributed by atoms with E-state index in [1.807, 2.05) is 0 Å². The van der Waals surface area contributed by atoms with Crippen LogP contribution in [0.1, 0.15) is 29.9 Å². The number of carbonyl (C=O) groups is 2. The molecular weight excluding hydrogens is 368 g/mol. The number of benzene rings is 1. The van der Waals surface area contributed by atoms with Gasteiger partial charge in [0.25, 0.3) is 0 Å². The van der Waals surface area contributed by atoms with Crippen LogP contribution in [0.15, 0.2) is 24.4 Å². The SMILES string of the molecule is CNC(=O)N(CCC(=O)OC)C[C@@H]1C[C@@H]2c3cccc4[nH]cc(c34)C[C@H]2N(C)C1. The van der Waals surface area contributed by atoms with Crippen molar-refractivity contribution in [2.45, 2.75) is 31.2 Å². The Kier molecular flexibility index (Phi) is 5.50. The van der Waals surface area contributed by atoms with Gasteiger partial charge in [-0.25, -0.2) is 4.79 Å². The minimum Gasteiger partial charge on any atom is -0.469 e. The zero-order valence-electron chi connectivity index (χ0n) is 17.4. The molecule has 1 aromatic carbocycles. The lowest BCUT2D eigenvalue weighted by Crippen LogP contribution is -2.51. The number of nitrogens with zero attached hydrogens (tertiary/aromatic N) is 2. The maximum Gasteiger partial charge on any atom is 0.317 e. The molecule has 3 atom stereocenters. The number of urea groups is 1. The van der Waals surface area contributed by atoms with E-state index < -0.39 is 0 Å². The predicted molar refractivity (Wildman–Crippen MR) is 112 cm³/mol. The number of hydrogen-bond donors (Lipinski definition) is 2. The first kappa shape index (κ1) is 19.8. The molecule has 156 valence electrons. The minimum atomic E-state index is -0.293. The zero-order valence-corrected chi connectivity index (χ0v) is 17.4. The average molecular weight is 399 g/mol. The Morgan fingerprint density at radius 1 is 1.38 bits per heavy atom. The number of amides is 2. The molecule has 7 heteroatoms. The molecular formula is C22H30N4O3. The topological polar surface area (TPSA) is 77.7 Å². The van der Waals surface area contributed by atoms with Crippen LogP contribution in [0.25, 0.3) is 10.9 Å². The summed E-state index contributed by atoms with van der Waals surface area (Å²) in [5.74, 6) is 0.517. The van der Waals surface area contributed by atoms with Gasteiger partial charge in [0.2, 0.25) is 0 Å². The molecule has 1 aromatic heterocycles. The van der Waals surface area contributed by atoms with Gasteiger partial charge in [-0.2, -0.15) is 0 Å². The number of rotatable bonds is 5. The zero-order chi connectivity index (χ0) is 20.5. The molecule has 0 bridgehead atoms. The second-order valence-electron chi connectivity index (χ2n) is 8.33. The Bertz CT molecular complexity index is 909. The molecule has 0 radical (unpaired) electrons. The number of likely N-dealkylation sites (tertiary alicyclic amines) is 1. The van der Waals surface area contributed by atoms with E-state index in [-0.39, 0.29) is 18.4 Å². The van der Waals surface area contributed by atoms with E-state index in [1.54, 1.807) is 11.9 Å². The summed E-state index contributed by atoms with van der Waals surface area (Å²) in [7, 11) is 5.20. The first-order chi connectivity index (χ1) is 14.0. The van der Waals surface area contributed by atoms with Gasteiger partial charge in [-0.1, -0.05) is 12.1 Å². The van der Waals surface area contributed by atoms with Gasteiger partial charge < -0.3 is 24.8 Å². The fraction of sp³-hybridized carbons (Fsp3) is 0.545. The van der Waals surface area contributed by atoms with Gasteiger partial charge in [0.05, 0.1) is 13.5 Å². The highest BCUT2D eigenvalue weighted by atomic mass is 16.5. The lowest BCUT2D eigenvalue weighted by atomic mass is 9.72. The first-order valence-electron chi connectivity index (χ1n) is 10.3. The van der Waals surface area contributed by atoms with Crippen molar-refractivity contribution in [3.63, 3.8) is 0 Å². The van der Waals surface area contributed by atoms with Crippen LogP contribution in [0.2, 0.25) is 0 Å². The Hall–Kier alpha value is -2.54. The highest BCUT2D eigenvalue weighted by Crippen LogP contribution is 2.44. The van der Waals surface area contributed by atoms with E-state index in [2.05, 4.69) is 46.6 Å². The first-order valence-corrected chi connectivity index (χ1v) is 10.3. The molecule has 1 aliphatic heterocycles. The molecule has 2 aromatic rings. The monoisotopic (exact) mass is 398 g/mol. The van der Waals surface area contributed by atoms with E-state index in [0.717, 1.165) is 19.4 Å². The van der Waals surface area contributed by atoms with Gasteiger partial charge >= 0.3 is 12.0 Å². The Balaban J connectivity index is 1.53. The number of ether oxygens (including phenoxy) is 1. The van der Waals surface area contributed by atoms with Crippen LogP contribution in [-0.2, 0) is 16.0 Å². The fourth-order valence-electron chi connectivity index (χ4n) is 5.26. The maximum absolute atomic E-state index is 12.4. The second kappa shape index (κ2) is 8.06. The highest BCUT2D eigenvalue weighted by Gasteiger charge is 2.40. The quantitative estimate of drug-likeness (QED) is 0.758. The molecule has 2 amide bonds. The number of aromatic nitrogens is 1. The van der Waals surface area contributed by atoms with E-state index in [4.69, 9.17) is 4.74 Å². The number of methoxy groups -OCH3 is 1. The van der Waals surface area contributed by atoms with Crippen molar-refractivity contribution in [1.29, 1.82) is 0 Å². The van der Waals surface area contributed by atoms with E-state index in [9.17, 15) is 9.59 Å². The fourth-order valence-corrected chi connectivity index (χ4v) is 5.26. The lowest BCUT2D eigenvalue weighted by molar-refractivity contribution is -0.140. The Morgan fingerprint density at radius 3 is 2.97 bits per heavy atom. The molecule has 0 spiro atoms. The number of piperidine rings is 1. The highest BCUT2D eigenvalue weighted by molar-refractivity contribution is 5.88. The number of H-pyrrole nitrogens is 1. The van der Waals surface area contributed by atoms with Crippen LogP contribution >= 0.6 is 0 Å². The van der Waals surface area contributed by atoms with Crippen LogP contribution in [0.4, 0.5) is 4.79 Å². The normalized spacial score (nSPS) is 23.5. The van der Waals surface area contributed by atoms with Gasteiger partial charge in [0, 0.05) is 55.7 Å². The third kappa shape index (κ3) is 3.71. The number of fused-ring (bicyclic) bond motifs is 2. The molecule has 1 saturated heterocycles. The summed E-state index contributed by atoms with van der Waals surface area (Å²) in [4.78, 5) is 31.6. The molecule has 2 N–H and O–H groups in total. The van der Waals surface area contributed by atoms with E-state index in [0.29, 0.717) is 31.0 Å². The van der Waals surface area contributed by atoms with Crippen molar-refractivity contribution in [2.24, 2.45) is 5.92 Å². The third-order valence-corrected chi connectivity index (χ3v) is 6.61. The maximum atomic E-state index is 12.4. The summed E-state index contributed by atoms with van der Waals surface area (Å²) >= 11 is 0. The van der Waals surface area contributed by atoms with Crippen LogP contribution in [0.5, 0.6) is 0 Å². The number of hydrogen-bond acceptors (Lipinski definition) is 4. The third-order valence-electron chi connectivity index (χ3n) is 6.61. The molecule has 4 rings (SSSR count). The molecule has 1 aliphatic carbocycles. The molecule has 2 aliphatic rings. The lowest BCUT2D eigenvalue weighted by Gasteiger charge is -2.46. The van der Waals surface area contributed by atoms with E-state index in [1.165, 1.54) is 29.1 Å². The van der Waals surface area contributed by atoms with Gasteiger partial charge in [-0.05, 0) is 43.0 Å². The molecule has 1 fully saturated rings. The van der Waals surface area contributed by atoms with Crippen molar-refractivity contribution >= 4 is 22.9 Å². The molecule has 0 unspecified atom stereocenters. The summed E-state index contributed by atoms with van der Waals surface area (Å²) in [5.41, 5.74) is 4.05. The summed E-state index contributed by atoms with van der Waals surface area (Å²) in [6.45, 7) is 1.96. The Labute approximate surface area is 171 Å². The number of esters is 1.